The Hall–Kier alpha value is -5.69. The van der Waals surface area contributed by atoms with Crippen molar-refractivity contribution in [3.05, 3.63) is 215 Å². The second kappa shape index (κ2) is 55.8. The van der Waals surface area contributed by atoms with Crippen LogP contribution in [0.15, 0.2) is 182 Å². The summed E-state index contributed by atoms with van der Waals surface area (Å²) in [5, 5.41) is 6.84. The maximum atomic E-state index is 14.8. The predicted molar refractivity (Wildman–Crippen MR) is 422 cm³/mol. The van der Waals surface area contributed by atoms with Crippen LogP contribution in [-0.2, 0) is 72.8 Å². The van der Waals surface area contributed by atoms with Crippen molar-refractivity contribution in [1.29, 1.82) is 0 Å². The number of rotatable bonds is 61. The number of ether oxygens (including phenoxy) is 7. The minimum Gasteiger partial charge on any atom is -0.376 e. The molecule has 0 radical (unpaired) electrons. The van der Waals surface area contributed by atoms with Crippen molar-refractivity contribution in [3.63, 3.8) is 0 Å². The molecule has 0 saturated heterocycles. The number of amides is 2. The normalized spacial score (nSPS) is 16.9. The molecule has 6 aromatic carbocycles. The Bertz CT molecular complexity index is 2870. The first kappa shape index (κ1) is 83.6. The monoisotopic (exact) mass is 1400 g/mol. The molecule has 1 saturated carbocycles. The first-order valence-corrected chi connectivity index (χ1v) is 41.1. The molecular formula is C92H136N2O8. The van der Waals surface area contributed by atoms with Crippen LogP contribution >= 0.6 is 0 Å². The van der Waals surface area contributed by atoms with Gasteiger partial charge in [-0.1, -0.05) is 408 Å². The minimum absolute atomic E-state index is 0.115. The van der Waals surface area contributed by atoms with Crippen molar-refractivity contribution in [3.8, 4) is 0 Å². The molecule has 0 bridgehead atoms. The standard InChI is InChI=1S/C92H136N2O8/c1-3-5-7-9-11-13-15-17-18-19-20-21-22-23-24-25-26-28-30-32-34-54-68-93-92(95)94-85(89(100-73-81-61-47-38-48-62-81)86(97-71-79-57-43-36-44-58-79)67-53-33-31-29-27-16-14-12-10-8-6-4-2)77-98-87-69-84(76-96-70-78-55-41-35-42-56-78)88(99-72-80-59-45-37-46-60-80)91(102-75-83-65-51-40-52-66-83)90(87)101-74-82-63-49-39-50-64-82/h35-52,55-66,84-91H,3-34,53-54,67-77H2,1-2H3,(H2,93,94,95)/t84-,85+,86-,87+,88+,89+,90+,91+/m1/s1. The molecule has 2 amide bonds. The van der Waals surface area contributed by atoms with Crippen LogP contribution in [0.25, 0.3) is 0 Å². The number of benzene rings is 6. The summed E-state index contributed by atoms with van der Waals surface area (Å²) in [5.41, 5.74) is 6.39. The Kier molecular flexibility index (Phi) is 45.7. The third-order valence-corrected chi connectivity index (χ3v) is 20.6. The van der Waals surface area contributed by atoms with Crippen molar-refractivity contribution in [1.82, 2.24) is 10.6 Å². The van der Waals surface area contributed by atoms with Gasteiger partial charge in [0.2, 0.25) is 0 Å². The maximum absolute atomic E-state index is 14.8. The highest BCUT2D eigenvalue weighted by Crippen LogP contribution is 2.37. The molecule has 10 nitrogen and oxygen atoms in total. The second-order valence-electron chi connectivity index (χ2n) is 29.4. The van der Waals surface area contributed by atoms with E-state index in [0.29, 0.717) is 59.2 Å². The summed E-state index contributed by atoms with van der Waals surface area (Å²) >= 11 is 0. The van der Waals surface area contributed by atoms with Gasteiger partial charge in [-0.25, -0.2) is 4.79 Å². The Morgan fingerprint density at radius 2 is 0.676 bits per heavy atom. The lowest BCUT2D eigenvalue weighted by atomic mass is 9.80. The molecule has 1 aliphatic carbocycles. The van der Waals surface area contributed by atoms with Crippen LogP contribution in [-0.4, -0.2) is 68.5 Å². The summed E-state index contributed by atoms with van der Waals surface area (Å²) in [7, 11) is 0. The van der Waals surface area contributed by atoms with E-state index in [1.165, 1.54) is 193 Å². The van der Waals surface area contributed by atoms with Gasteiger partial charge in [-0.05, 0) is 52.6 Å². The first-order valence-electron chi connectivity index (χ1n) is 41.1. The molecule has 8 atom stereocenters. The first-order chi connectivity index (χ1) is 50.6. The average Bonchev–Trinajstić information content (AvgIpc) is 0.787. The molecule has 0 unspecified atom stereocenters. The highest BCUT2D eigenvalue weighted by Gasteiger charge is 2.49. The van der Waals surface area contributed by atoms with Gasteiger partial charge >= 0.3 is 6.03 Å². The van der Waals surface area contributed by atoms with Crippen molar-refractivity contribution < 1.29 is 38.0 Å². The lowest BCUT2D eigenvalue weighted by Crippen LogP contribution is -2.60. The number of urea groups is 1. The van der Waals surface area contributed by atoms with E-state index < -0.39 is 42.7 Å². The second-order valence-corrected chi connectivity index (χ2v) is 29.4. The van der Waals surface area contributed by atoms with Gasteiger partial charge in [-0.2, -0.15) is 0 Å². The quantitative estimate of drug-likeness (QED) is 0.0364. The van der Waals surface area contributed by atoms with Gasteiger partial charge in [0.15, 0.2) is 0 Å². The molecule has 0 aliphatic heterocycles. The van der Waals surface area contributed by atoms with Crippen LogP contribution in [0.1, 0.15) is 278 Å². The third kappa shape index (κ3) is 36.8. The Labute approximate surface area is 619 Å². The molecule has 0 spiro atoms. The summed E-state index contributed by atoms with van der Waals surface area (Å²) in [6.07, 6.45) is 42.7. The summed E-state index contributed by atoms with van der Waals surface area (Å²) in [6, 6.07) is 61.3. The van der Waals surface area contributed by atoms with Crippen LogP contribution in [0.4, 0.5) is 4.79 Å². The SMILES string of the molecule is CCCCCCCCCCCCCCCCCCCCCCCCNC(=O)N[C@@H](CO[C@H]1C[C@H](COCc2ccccc2)[C@H](OCc2ccccc2)[C@H](OCc2ccccc2)[C@H]1OCc1ccccc1)[C@H](OCc1ccccc1)[C@@H](CCCCCCCCCCCCCC)OCc1ccccc1. The number of nitrogens with one attached hydrogen (secondary N) is 2. The van der Waals surface area contributed by atoms with E-state index in [4.69, 9.17) is 33.2 Å². The Morgan fingerprint density at radius 1 is 0.353 bits per heavy atom. The van der Waals surface area contributed by atoms with Gasteiger partial charge in [0, 0.05) is 12.5 Å². The van der Waals surface area contributed by atoms with Gasteiger partial charge in [0.1, 0.15) is 18.3 Å². The molecule has 0 aromatic heterocycles. The minimum atomic E-state index is -0.644. The lowest BCUT2D eigenvalue weighted by molar-refractivity contribution is -0.235. The molecule has 1 aliphatic rings. The third-order valence-electron chi connectivity index (χ3n) is 20.6. The molecule has 102 heavy (non-hydrogen) atoms. The zero-order valence-corrected chi connectivity index (χ0v) is 63.5. The van der Waals surface area contributed by atoms with Gasteiger partial charge in [-0.3, -0.25) is 0 Å². The topological polar surface area (TPSA) is 106 Å². The molecule has 6 aromatic rings. The van der Waals surface area contributed by atoms with E-state index in [9.17, 15) is 4.79 Å². The van der Waals surface area contributed by atoms with Gasteiger partial charge in [0.05, 0.1) is 77.2 Å². The smallest absolute Gasteiger partial charge is 0.315 e. The molecule has 0 heterocycles. The van der Waals surface area contributed by atoms with Crippen LogP contribution in [0.5, 0.6) is 0 Å². The zero-order valence-electron chi connectivity index (χ0n) is 63.5. The highest BCUT2D eigenvalue weighted by atomic mass is 16.6. The van der Waals surface area contributed by atoms with E-state index in [0.717, 1.165) is 65.5 Å². The van der Waals surface area contributed by atoms with E-state index in [-0.39, 0.29) is 18.6 Å². The van der Waals surface area contributed by atoms with Crippen LogP contribution in [0, 0.1) is 5.92 Å². The van der Waals surface area contributed by atoms with Crippen molar-refractivity contribution in [2.24, 2.45) is 5.92 Å². The molecule has 562 valence electrons. The summed E-state index contributed by atoms with van der Waals surface area (Å²) < 4.78 is 50.5. The molecule has 2 N–H and O–H groups in total. The van der Waals surface area contributed by atoms with Gasteiger partial charge in [-0.15, -0.1) is 0 Å². The fourth-order valence-corrected chi connectivity index (χ4v) is 14.5. The molecule has 1 fully saturated rings. The van der Waals surface area contributed by atoms with Crippen LogP contribution < -0.4 is 10.6 Å². The molecular weight excluding hydrogens is 1260 g/mol. The van der Waals surface area contributed by atoms with E-state index >= 15 is 0 Å². The van der Waals surface area contributed by atoms with E-state index in [2.05, 4.69) is 176 Å². The lowest BCUT2D eigenvalue weighted by Gasteiger charge is -2.46. The average molecular weight is 1400 g/mol. The Morgan fingerprint density at radius 3 is 1.07 bits per heavy atom. The van der Waals surface area contributed by atoms with E-state index in [1.54, 1.807) is 0 Å². The molecule has 10 heteroatoms. The predicted octanol–water partition coefficient (Wildman–Crippen LogP) is 23.9. The van der Waals surface area contributed by atoms with Crippen LogP contribution in [0.2, 0.25) is 0 Å². The van der Waals surface area contributed by atoms with Crippen molar-refractivity contribution >= 4 is 6.03 Å². The van der Waals surface area contributed by atoms with Crippen molar-refractivity contribution in [2.45, 2.75) is 327 Å². The Balaban J connectivity index is 1.08. The molecule has 7 rings (SSSR count). The number of hydrogen-bond acceptors (Lipinski definition) is 8. The van der Waals surface area contributed by atoms with Gasteiger partial charge < -0.3 is 43.8 Å². The maximum Gasteiger partial charge on any atom is 0.315 e. The van der Waals surface area contributed by atoms with Gasteiger partial charge in [0.25, 0.3) is 0 Å². The number of carbonyl (C=O) groups excluding carboxylic acids is 1. The summed E-state index contributed by atoms with van der Waals surface area (Å²) in [6.45, 7) is 7.91. The summed E-state index contributed by atoms with van der Waals surface area (Å²) in [4.78, 5) is 14.8. The van der Waals surface area contributed by atoms with Crippen molar-refractivity contribution in [2.75, 3.05) is 19.8 Å². The fraction of sp³-hybridized carbons (Fsp3) is 0.598. The number of unbranched alkanes of at least 4 members (excludes halogenated alkanes) is 32. The summed E-state index contributed by atoms with van der Waals surface area (Å²) in [5.74, 6) is -0.175. The fourth-order valence-electron chi connectivity index (χ4n) is 14.5. The van der Waals surface area contributed by atoms with Crippen LogP contribution in [0.3, 0.4) is 0 Å². The van der Waals surface area contributed by atoms with E-state index in [1.807, 2.05) is 30.3 Å². The highest BCUT2D eigenvalue weighted by molar-refractivity contribution is 5.74. The largest absolute Gasteiger partial charge is 0.376 e. The number of carbonyl (C=O) groups is 1. The number of hydrogen-bond donors (Lipinski definition) is 2. The zero-order chi connectivity index (χ0) is 71.1.